The Bertz CT molecular complexity index is 914. The summed E-state index contributed by atoms with van der Waals surface area (Å²) in [6.45, 7) is 6.34. The predicted octanol–water partition coefficient (Wildman–Crippen LogP) is 2.53. The third-order valence-corrected chi connectivity index (χ3v) is 5.99. The highest BCUT2D eigenvalue weighted by atomic mass is 16.2. The Morgan fingerprint density at radius 1 is 1.10 bits per heavy atom. The van der Waals surface area contributed by atoms with Crippen molar-refractivity contribution in [3.63, 3.8) is 0 Å². The van der Waals surface area contributed by atoms with Gasteiger partial charge in [0.2, 0.25) is 5.91 Å². The lowest BCUT2D eigenvalue weighted by Crippen LogP contribution is -2.55. The number of aryl methyl sites for hydroxylation is 2. The van der Waals surface area contributed by atoms with Gasteiger partial charge in [0, 0.05) is 43.4 Å². The highest BCUT2D eigenvalue weighted by Gasteiger charge is 2.43. The molecule has 2 saturated heterocycles. The zero-order chi connectivity index (χ0) is 20.4. The Morgan fingerprint density at radius 2 is 1.97 bits per heavy atom. The molecule has 2 amide bonds. The van der Waals surface area contributed by atoms with Gasteiger partial charge in [-0.05, 0) is 45.2 Å². The van der Waals surface area contributed by atoms with Gasteiger partial charge < -0.3 is 9.80 Å². The molecule has 0 aromatic carbocycles. The average Bonchev–Trinajstić information content (AvgIpc) is 2.72. The van der Waals surface area contributed by atoms with Crippen LogP contribution in [0.3, 0.4) is 0 Å². The number of amides is 2. The quantitative estimate of drug-likeness (QED) is 0.801. The van der Waals surface area contributed by atoms with E-state index >= 15 is 0 Å². The first kappa shape index (κ1) is 19.5. The van der Waals surface area contributed by atoms with Gasteiger partial charge in [0.15, 0.2) is 0 Å². The van der Waals surface area contributed by atoms with Crippen LogP contribution < -0.4 is 0 Å². The average molecular weight is 393 g/mol. The van der Waals surface area contributed by atoms with E-state index in [1.165, 1.54) is 0 Å². The van der Waals surface area contributed by atoms with Crippen LogP contribution in [0.5, 0.6) is 0 Å². The molecule has 2 aromatic heterocycles. The summed E-state index contributed by atoms with van der Waals surface area (Å²) in [7, 11) is 0. The molecule has 4 heterocycles. The lowest BCUT2D eigenvalue weighted by Gasteiger charge is -2.48. The fourth-order valence-corrected chi connectivity index (χ4v) is 4.48. The van der Waals surface area contributed by atoms with Crippen molar-refractivity contribution in [2.75, 3.05) is 19.6 Å². The van der Waals surface area contributed by atoms with Crippen molar-refractivity contribution < 1.29 is 9.59 Å². The van der Waals surface area contributed by atoms with Crippen LogP contribution in [0, 0.1) is 19.3 Å². The monoisotopic (exact) mass is 393 g/mol. The number of pyridine rings is 1. The zero-order valence-electron chi connectivity index (χ0n) is 17.1. The Balaban J connectivity index is 1.48. The molecule has 0 bridgehead atoms. The molecule has 2 aliphatic rings. The fourth-order valence-electron chi connectivity index (χ4n) is 4.48. The van der Waals surface area contributed by atoms with Crippen LogP contribution in [0.25, 0.3) is 0 Å². The second-order valence-corrected chi connectivity index (χ2v) is 8.39. The van der Waals surface area contributed by atoms with Gasteiger partial charge in [-0.3, -0.25) is 19.6 Å². The summed E-state index contributed by atoms with van der Waals surface area (Å²) >= 11 is 0. The number of hydrogen-bond donors (Lipinski definition) is 0. The SMILES string of the molecule is Cc1cnc(CN2CC3(CCCN(C(=O)c4cccc(C)n4)C3)CCC2=O)cn1. The van der Waals surface area contributed by atoms with Gasteiger partial charge in [0.1, 0.15) is 5.69 Å². The first-order chi connectivity index (χ1) is 13.9. The highest BCUT2D eigenvalue weighted by Crippen LogP contribution is 2.39. The number of carbonyl (C=O) groups is 2. The summed E-state index contributed by atoms with van der Waals surface area (Å²) < 4.78 is 0. The van der Waals surface area contributed by atoms with Gasteiger partial charge in [-0.25, -0.2) is 4.98 Å². The maximum atomic E-state index is 13.0. The molecule has 7 nitrogen and oxygen atoms in total. The smallest absolute Gasteiger partial charge is 0.272 e. The zero-order valence-corrected chi connectivity index (χ0v) is 17.1. The minimum Gasteiger partial charge on any atom is -0.337 e. The molecule has 0 N–H and O–H groups in total. The standard InChI is InChI=1S/C22H27N5O2/c1-16-5-3-6-19(25-16)21(29)26-10-4-8-22(14-26)9-7-20(28)27(15-22)13-18-12-23-17(2)11-24-18/h3,5-6,11-12H,4,7-10,13-15H2,1-2H3. The van der Waals surface area contributed by atoms with E-state index < -0.39 is 0 Å². The minimum atomic E-state index is -0.0518. The Hall–Kier alpha value is -2.83. The van der Waals surface area contributed by atoms with Crippen LogP contribution >= 0.6 is 0 Å². The van der Waals surface area contributed by atoms with Crippen molar-refractivity contribution in [3.05, 3.63) is 53.4 Å². The van der Waals surface area contributed by atoms with Crippen LogP contribution in [0.1, 0.15) is 53.3 Å². The van der Waals surface area contributed by atoms with E-state index in [-0.39, 0.29) is 17.2 Å². The summed E-state index contributed by atoms with van der Waals surface area (Å²) in [5.41, 5.74) is 2.95. The number of piperidine rings is 2. The summed E-state index contributed by atoms with van der Waals surface area (Å²) in [5.74, 6) is 0.141. The Labute approximate surface area is 171 Å². The maximum Gasteiger partial charge on any atom is 0.272 e. The van der Waals surface area contributed by atoms with Crippen molar-refractivity contribution in [2.45, 2.75) is 46.1 Å². The topological polar surface area (TPSA) is 79.3 Å². The first-order valence-corrected chi connectivity index (χ1v) is 10.2. The molecule has 2 aliphatic heterocycles. The van der Waals surface area contributed by atoms with Crippen LogP contribution in [0.2, 0.25) is 0 Å². The number of nitrogens with zero attached hydrogens (tertiary/aromatic N) is 5. The molecule has 1 spiro atoms. The molecule has 0 saturated carbocycles. The van der Waals surface area contributed by atoms with Gasteiger partial charge in [-0.1, -0.05) is 6.07 Å². The number of hydrogen-bond acceptors (Lipinski definition) is 5. The normalized spacial score (nSPS) is 22.2. The summed E-state index contributed by atoms with van der Waals surface area (Å²) in [6.07, 6.45) is 6.79. The van der Waals surface area contributed by atoms with E-state index in [4.69, 9.17) is 0 Å². The van der Waals surface area contributed by atoms with Crippen molar-refractivity contribution in [1.82, 2.24) is 24.8 Å². The van der Waals surface area contributed by atoms with Crippen LogP contribution in [0.4, 0.5) is 0 Å². The molecular formula is C22H27N5O2. The van der Waals surface area contributed by atoms with E-state index in [9.17, 15) is 9.59 Å². The summed E-state index contributed by atoms with van der Waals surface area (Å²) in [6, 6.07) is 5.55. The number of rotatable bonds is 3. The molecule has 4 rings (SSSR count). The van der Waals surface area contributed by atoms with Crippen molar-refractivity contribution in [1.29, 1.82) is 0 Å². The van der Waals surface area contributed by atoms with E-state index in [0.717, 1.165) is 42.9 Å². The van der Waals surface area contributed by atoms with Crippen molar-refractivity contribution >= 4 is 11.8 Å². The van der Waals surface area contributed by atoms with Crippen LogP contribution in [0.15, 0.2) is 30.6 Å². The number of carbonyl (C=O) groups excluding carboxylic acids is 2. The lowest BCUT2D eigenvalue weighted by atomic mass is 9.73. The fraction of sp³-hybridized carbons (Fsp3) is 0.500. The molecule has 2 fully saturated rings. The third-order valence-electron chi connectivity index (χ3n) is 5.99. The molecule has 7 heteroatoms. The van der Waals surface area contributed by atoms with Gasteiger partial charge in [-0.15, -0.1) is 0 Å². The van der Waals surface area contributed by atoms with Crippen molar-refractivity contribution in [3.8, 4) is 0 Å². The largest absolute Gasteiger partial charge is 0.337 e. The molecule has 2 aromatic rings. The van der Waals surface area contributed by atoms with Gasteiger partial charge in [0.05, 0.1) is 24.1 Å². The minimum absolute atomic E-state index is 0.0133. The third kappa shape index (κ3) is 4.28. The molecule has 1 unspecified atom stereocenters. The summed E-state index contributed by atoms with van der Waals surface area (Å²) in [4.78, 5) is 42.5. The lowest BCUT2D eigenvalue weighted by molar-refractivity contribution is -0.139. The van der Waals surface area contributed by atoms with E-state index in [1.807, 2.05) is 35.8 Å². The molecular weight excluding hydrogens is 366 g/mol. The van der Waals surface area contributed by atoms with Gasteiger partial charge in [-0.2, -0.15) is 0 Å². The van der Waals surface area contributed by atoms with Crippen LogP contribution in [-0.2, 0) is 11.3 Å². The highest BCUT2D eigenvalue weighted by molar-refractivity contribution is 5.92. The van der Waals surface area contributed by atoms with Crippen molar-refractivity contribution in [2.24, 2.45) is 5.41 Å². The van der Waals surface area contributed by atoms with Crippen LogP contribution in [-0.4, -0.2) is 56.2 Å². The van der Waals surface area contributed by atoms with E-state index in [2.05, 4.69) is 15.0 Å². The molecule has 29 heavy (non-hydrogen) atoms. The second kappa shape index (κ2) is 7.89. The van der Waals surface area contributed by atoms with Gasteiger partial charge >= 0.3 is 0 Å². The molecule has 152 valence electrons. The first-order valence-electron chi connectivity index (χ1n) is 10.2. The van der Waals surface area contributed by atoms with E-state index in [0.29, 0.717) is 31.7 Å². The number of aromatic nitrogens is 3. The van der Waals surface area contributed by atoms with Gasteiger partial charge in [0.25, 0.3) is 5.91 Å². The van der Waals surface area contributed by atoms with E-state index in [1.54, 1.807) is 18.5 Å². The Morgan fingerprint density at radius 3 is 2.72 bits per heavy atom. The Kier molecular flexibility index (Phi) is 5.30. The second-order valence-electron chi connectivity index (χ2n) is 8.39. The number of likely N-dealkylation sites (tertiary alicyclic amines) is 2. The molecule has 0 radical (unpaired) electrons. The molecule has 0 aliphatic carbocycles. The summed E-state index contributed by atoms with van der Waals surface area (Å²) in [5, 5.41) is 0. The predicted molar refractivity (Wildman–Crippen MR) is 108 cm³/mol. The maximum absolute atomic E-state index is 13.0. The molecule has 1 atom stereocenters.